The summed E-state index contributed by atoms with van der Waals surface area (Å²) in [7, 11) is 0. The molecule has 2 heterocycles. The average Bonchev–Trinajstić information content (AvgIpc) is 2.61. The Morgan fingerprint density at radius 1 is 1.13 bits per heavy atom. The van der Waals surface area contributed by atoms with Crippen molar-refractivity contribution in [2.75, 3.05) is 26.2 Å². The summed E-state index contributed by atoms with van der Waals surface area (Å²) in [5.41, 5.74) is 1.01. The topological polar surface area (TPSA) is 53.0 Å². The molecule has 5 heteroatoms. The second-order valence-corrected chi connectivity index (χ2v) is 6.55. The number of likely N-dealkylation sites (tertiary alicyclic amines) is 2. The van der Waals surface area contributed by atoms with Crippen LogP contribution in [0.25, 0.3) is 0 Å². The summed E-state index contributed by atoms with van der Waals surface area (Å²) in [5.74, 6) is 0. The highest BCUT2D eigenvalue weighted by Gasteiger charge is 2.30. The van der Waals surface area contributed by atoms with Crippen LogP contribution in [0.4, 0.5) is 4.79 Å². The molecule has 2 aliphatic heterocycles. The van der Waals surface area contributed by atoms with E-state index in [9.17, 15) is 9.90 Å². The average molecular weight is 318 g/mol. The SMILES string of the molecule is O=C(OCc1ccccc1)N1CCC(N2CCC[C@@H](O)C2)CC1. The molecule has 0 aliphatic carbocycles. The van der Waals surface area contributed by atoms with Gasteiger partial charge in [0.1, 0.15) is 6.61 Å². The van der Waals surface area contributed by atoms with Crippen molar-refractivity contribution >= 4 is 6.09 Å². The second-order valence-electron chi connectivity index (χ2n) is 6.55. The zero-order valence-electron chi connectivity index (χ0n) is 13.6. The Labute approximate surface area is 137 Å². The lowest BCUT2D eigenvalue weighted by molar-refractivity contribution is 0.0219. The molecule has 1 atom stereocenters. The molecule has 2 saturated heterocycles. The zero-order chi connectivity index (χ0) is 16.1. The minimum Gasteiger partial charge on any atom is -0.445 e. The third kappa shape index (κ3) is 4.45. The molecule has 0 aromatic heterocycles. The van der Waals surface area contributed by atoms with Crippen molar-refractivity contribution in [1.82, 2.24) is 9.80 Å². The van der Waals surface area contributed by atoms with Gasteiger partial charge in [-0.05, 0) is 37.8 Å². The number of rotatable bonds is 3. The smallest absolute Gasteiger partial charge is 0.410 e. The van der Waals surface area contributed by atoms with Crippen LogP contribution in [-0.4, -0.2) is 59.3 Å². The Morgan fingerprint density at radius 3 is 2.57 bits per heavy atom. The van der Waals surface area contributed by atoms with E-state index in [1.54, 1.807) is 4.90 Å². The van der Waals surface area contributed by atoms with Gasteiger partial charge in [-0.2, -0.15) is 0 Å². The molecule has 2 aliphatic rings. The number of ether oxygens (including phenoxy) is 1. The molecule has 1 amide bonds. The van der Waals surface area contributed by atoms with Crippen LogP contribution >= 0.6 is 0 Å². The van der Waals surface area contributed by atoms with E-state index in [4.69, 9.17) is 4.74 Å². The number of aliphatic hydroxyl groups excluding tert-OH is 1. The number of carbonyl (C=O) groups is 1. The van der Waals surface area contributed by atoms with Gasteiger partial charge in [0.05, 0.1) is 6.10 Å². The number of piperidine rings is 2. The van der Waals surface area contributed by atoms with Gasteiger partial charge in [-0.25, -0.2) is 4.79 Å². The first-order chi connectivity index (χ1) is 11.2. The molecule has 0 radical (unpaired) electrons. The number of hydrogen-bond acceptors (Lipinski definition) is 4. The van der Waals surface area contributed by atoms with E-state index in [0.29, 0.717) is 12.6 Å². The van der Waals surface area contributed by atoms with Crippen molar-refractivity contribution in [2.45, 2.75) is 44.4 Å². The summed E-state index contributed by atoms with van der Waals surface area (Å²) in [6.45, 7) is 3.66. The summed E-state index contributed by atoms with van der Waals surface area (Å²) < 4.78 is 5.40. The minimum absolute atomic E-state index is 0.183. The summed E-state index contributed by atoms with van der Waals surface area (Å²) in [6, 6.07) is 10.3. The Hall–Kier alpha value is -1.59. The molecular formula is C18H26N2O3. The van der Waals surface area contributed by atoms with Crippen LogP contribution in [0, 0.1) is 0 Å². The lowest BCUT2D eigenvalue weighted by atomic mass is 9.99. The minimum atomic E-state index is -0.217. The van der Waals surface area contributed by atoms with Gasteiger partial charge in [0.25, 0.3) is 0 Å². The first kappa shape index (κ1) is 16.3. The number of amides is 1. The van der Waals surface area contributed by atoms with E-state index in [0.717, 1.165) is 57.4 Å². The number of nitrogens with zero attached hydrogens (tertiary/aromatic N) is 2. The Bertz CT molecular complexity index is 500. The highest BCUT2D eigenvalue weighted by molar-refractivity contribution is 5.67. The highest BCUT2D eigenvalue weighted by atomic mass is 16.6. The summed E-state index contributed by atoms with van der Waals surface area (Å²) in [4.78, 5) is 16.4. The number of aliphatic hydroxyl groups is 1. The standard InChI is InChI=1S/C18H26N2O3/c21-17-7-4-10-20(13-17)16-8-11-19(12-9-16)18(22)23-14-15-5-2-1-3-6-15/h1-3,5-6,16-17,21H,4,7-14H2/t17-/m1/s1. The van der Waals surface area contributed by atoms with Crippen LogP contribution < -0.4 is 0 Å². The van der Waals surface area contributed by atoms with E-state index in [-0.39, 0.29) is 12.2 Å². The molecule has 5 nitrogen and oxygen atoms in total. The van der Waals surface area contributed by atoms with Crippen molar-refractivity contribution in [3.05, 3.63) is 35.9 Å². The van der Waals surface area contributed by atoms with Crippen LogP contribution in [0.3, 0.4) is 0 Å². The molecule has 1 aromatic carbocycles. The van der Waals surface area contributed by atoms with Gasteiger partial charge in [0, 0.05) is 25.7 Å². The molecule has 126 valence electrons. The van der Waals surface area contributed by atoms with E-state index < -0.39 is 0 Å². The monoisotopic (exact) mass is 318 g/mol. The van der Waals surface area contributed by atoms with Crippen molar-refractivity contribution < 1.29 is 14.6 Å². The van der Waals surface area contributed by atoms with Crippen molar-refractivity contribution in [1.29, 1.82) is 0 Å². The Balaban J connectivity index is 1.42. The quantitative estimate of drug-likeness (QED) is 0.929. The van der Waals surface area contributed by atoms with Crippen LogP contribution in [-0.2, 0) is 11.3 Å². The predicted octanol–water partition coefficient (Wildman–Crippen LogP) is 2.24. The van der Waals surface area contributed by atoms with Crippen LogP contribution in [0.1, 0.15) is 31.2 Å². The first-order valence-corrected chi connectivity index (χ1v) is 8.60. The normalized spacial score (nSPS) is 23.7. The molecule has 1 aromatic rings. The molecule has 0 saturated carbocycles. The van der Waals surface area contributed by atoms with Crippen LogP contribution in [0.15, 0.2) is 30.3 Å². The van der Waals surface area contributed by atoms with Crippen molar-refractivity contribution in [3.63, 3.8) is 0 Å². The maximum absolute atomic E-state index is 12.2. The molecule has 0 bridgehead atoms. The highest BCUT2D eigenvalue weighted by Crippen LogP contribution is 2.21. The number of hydrogen-bond donors (Lipinski definition) is 1. The van der Waals surface area contributed by atoms with Crippen LogP contribution in [0.2, 0.25) is 0 Å². The van der Waals surface area contributed by atoms with Gasteiger partial charge in [-0.1, -0.05) is 30.3 Å². The van der Waals surface area contributed by atoms with Gasteiger partial charge in [0.15, 0.2) is 0 Å². The number of carbonyl (C=O) groups excluding carboxylic acids is 1. The van der Waals surface area contributed by atoms with E-state index in [1.807, 2.05) is 30.3 Å². The largest absolute Gasteiger partial charge is 0.445 e. The summed E-state index contributed by atoms with van der Waals surface area (Å²) >= 11 is 0. The third-order valence-corrected chi connectivity index (χ3v) is 4.87. The van der Waals surface area contributed by atoms with Crippen molar-refractivity contribution in [2.24, 2.45) is 0 Å². The van der Waals surface area contributed by atoms with Gasteiger partial charge < -0.3 is 14.7 Å². The zero-order valence-corrected chi connectivity index (χ0v) is 13.6. The van der Waals surface area contributed by atoms with E-state index in [1.165, 1.54) is 0 Å². The summed E-state index contributed by atoms with van der Waals surface area (Å²) in [6.07, 6.45) is 3.52. The molecule has 1 N–H and O–H groups in total. The second kappa shape index (κ2) is 7.79. The fourth-order valence-electron chi connectivity index (χ4n) is 3.54. The fraction of sp³-hybridized carbons (Fsp3) is 0.611. The molecule has 3 rings (SSSR count). The maximum Gasteiger partial charge on any atom is 0.410 e. The molecule has 23 heavy (non-hydrogen) atoms. The first-order valence-electron chi connectivity index (χ1n) is 8.60. The molecule has 0 unspecified atom stereocenters. The van der Waals surface area contributed by atoms with Gasteiger partial charge in [0.2, 0.25) is 0 Å². The number of β-amino-alcohol motifs (C(OH)–C–C–N with tert-alkyl or cyclic N) is 1. The van der Waals surface area contributed by atoms with Gasteiger partial charge >= 0.3 is 6.09 Å². The van der Waals surface area contributed by atoms with Gasteiger partial charge in [-0.3, -0.25) is 4.90 Å². The van der Waals surface area contributed by atoms with Crippen LogP contribution in [0.5, 0.6) is 0 Å². The Kier molecular flexibility index (Phi) is 5.51. The Morgan fingerprint density at radius 2 is 1.87 bits per heavy atom. The lowest BCUT2D eigenvalue weighted by Gasteiger charge is -2.41. The lowest BCUT2D eigenvalue weighted by Crippen LogP contribution is -2.50. The van der Waals surface area contributed by atoms with E-state index >= 15 is 0 Å². The predicted molar refractivity (Wildman–Crippen MR) is 88.0 cm³/mol. The maximum atomic E-state index is 12.2. The third-order valence-electron chi connectivity index (χ3n) is 4.87. The molecule has 2 fully saturated rings. The van der Waals surface area contributed by atoms with E-state index in [2.05, 4.69) is 4.90 Å². The number of benzene rings is 1. The molecular weight excluding hydrogens is 292 g/mol. The van der Waals surface area contributed by atoms with Gasteiger partial charge in [-0.15, -0.1) is 0 Å². The molecule has 0 spiro atoms. The summed E-state index contributed by atoms with van der Waals surface area (Å²) in [5, 5.41) is 9.80. The fourth-order valence-corrected chi connectivity index (χ4v) is 3.54. The van der Waals surface area contributed by atoms with Crippen molar-refractivity contribution in [3.8, 4) is 0 Å².